The summed E-state index contributed by atoms with van der Waals surface area (Å²) in [5, 5.41) is 11.7. The molecule has 2 aliphatic rings. The summed E-state index contributed by atoms with van der Waals surface area (Å²) < 4.78 is -0.515. The number of hydrogen-bond donors (Lipinski definition) is 3. The molecule has 1 amide bonds. The van der Waals surface area contributed by atoms with Crippen LogP contribution in [-0.2, 0) is 9.59 Å². The zero-order valence-corrected chi connectivity index (χ0v) is 11.0. The Labute approximate surface area is 108 Å². The Morgan fingerprint density at radius 2 is 2.24 bits per heavy atom. The highest BCUT2D eigenvalue weighted by Gasteiger charge is 2.63. The fourth-order valence-electron chi connectivity index (χ4n) is 2.30. The number of rotatable bonds is 2. The van der Waals surface area contributed by atoms with Gasteiger partial charge in [0.25, 0.3) is 0 Å². The Hall–Kier alpha value is -1.02. The van der Waals surface area contributed by atoms with Crippen LogP contribution < -0.4 is 11.1 Å². The van der Waals surface area contributed by atoms with Gasteiger partial charge in [0.05, 0.1) is 0 Å². The van der Waals surface area contributed by atoms with Crippen LogP contribution in [-0.4, -0.2) is 49.2 Å². The second-order valence-corrected chi connectivity index (χ2v) is 6.80. The second-order valence-electron chi connectivity index (χ2n) is 4.58. The zero-order valence-electron chi connectivity index (χ0n) is 9.34. The molecule has 0 spiro atoms. The number of carbonyl (C=O) groups excluding carboxylic acids is 1. The third-order valence-electron chi connectivity index (χ3n) is 2.97. The number of β-lactam (4-membered cyclic amide) rings is 1. The molecular formula is C9H13N3O3S2. The van der Waals surface area contributed by atoms with E-state index in [-0.39, 0.29) is 16.4 Å². The normalized spacial score (nSPS) is 33.9. The summed E-state index contributed by atoms with van der Waals surface area (Å²) in [6, 6.07) is -1.30. The molecular weight excluding hydrogens is 262 g/mol. The first-order valence-electron chi connectivity index (χ1n) is 5.04. The van der Waals surface area contributed by atoms with Crippen LogP contribution >= 0.6 is 24.0 Å². The van der Waals surface area contributed by atoms with E-state index in [0.717, 1.165) is 0 Å². The lowest BCUT2D eigenvalue weighted by Crippen LogP contribution is -2.71. The molecule has 2 aliphatic heterocycles. The summed E-state index contributed by atoms with van der Waals surface area (Å²) in [4.78, 5) is 24.4. The number of nitrogens with two attached hydrogens (primary N) is 1. The lowest BCUT2D eigenvalue weighted by Gasteiger charge is -2.43. The molecule has 2 fully saturated rings. The summed E-state index contributed by atoms with van der Waals surface area (Å²) in [5.74, 6) is -1.24. The van der Waals surface area contributed by atoms with Crippen molar-refractivity contribution in [1.82, 2.24) is 10.2 Å². The summed E-state index contributed by atoms with van der Waals surface area (Å²) in [7, 11) is 0. The maximum atomic E-state index is 11.9. The van der Waals surface area contributed by atoms with E-state index in [1.54, 1.807) is 0 Å². The van der Waals surface area contributed by atoms with Crippen molar-refractivity contribution < 1.29 is 14.7 Å². The van der Waals surface area contributed by atoms with Crippen LogP contribution in [0.15, 0.2) is 0 Å². The van der Waals surface area contributed by atoms with Crippen molar-refractivity contribution in [3.05, 3.63) is 0 Å². The van der Waals surface area contributed by atoms with Crippen LogP contribution in [0.25, 0.3) is 0 Å². The van der Waals surface area contributed by atoms with Crippen molar-refractivity contribution in [3.63, 3.8) is 0 Å². The Bertz CT molecular complexity index is 412. The van der Waals surface area contributed by atoms with E-state index in [2.05, 4.69) is 5.32 Å². The first-order valence-corrected chi connectivity index (χ1v) is 6.33. The molecule has 2 heterocycles. The molecule has 3 atom stereocenters. The lowest BCUT2D eigenvalue weighted by molar-refractivity contribution is -0.159. The van der Waals surface area contributed by atoms with Gasteiger partial charge >= 0.3 is 5.97 Å². The monoisotopic (exact) mass is 275 g/mol. The molecule has 6 nitrogen and oxygen atoms in total. The Kier molecular flexibility index (Phi) is 2.74. The van der Waals surface area contributed by atoms with E-state index in [4.69, 9.17) is 18.0 Å². The number of nitrogens with one attached hydrogen (secondary N) is 1. The molecule has 2 saturated heterocycles. The zero-order chi connectivity index (χ0) is 13.0. The van der Waals surface area contributed by atoms with Gasteiger partial charge in [-0.25, -0.2) is 4.79 Å². The molecule has 8 heteroatoms. The van der Waals surface area contributed by atoms with Gasteiger partial charge in [-0.05, 0) is 26.1 Å². The van der Waals surface area contributed by atoms with Gasteiger partial charge in [-0.2, -0.15) is 0 Å². The maximum Gasteiger partial charge on any atom is 0.327 e. The van der Waals surface area contributed by atoms with E-state index < -0.39 is 22.8 Å². The predicted octanol–water partition coefficient (Wildman–Crippen LogP) is -0.665. The van der Waals surface area contributed by atoms with Crippen LogP contribution in [0.2, 0.25) is 0 Å². The number of fused-ring (bicyclic) bond motifs is 1. The van der Waals surface area contributed by atoms with Gasteiger partial charge < -0.3 is 21.1 Å². The molecule has 4 N–H and O–H groups in total. The average molecular weight is 275 g/mol. The van der Waals surface area contributed by atoms with Gasteiger partial charge in [-0.3, -0.25) is 4.79 Å². The number of aliphatic carboxylic acids is 1. The number of amides is 1. The molecule has 2 rings (SSSR count). The van der Waals surface area contributed by atoms with Gasteiger partial charge in [-0.15, -0.1) is 11.8 Å². The lowest BCUT2D eigenvalue weighted by atomic mass is 9.96. The van der Waals surface area contributed by atoms with Gasteiger partial charge in [-0.1, -0.05) is 0 Å². The SMILES string of the molecule is CC1(C)S[C@H]2[C@@H](NC(N)=S)C(=O)N2[C@@H]1C(=O)O. The van der Waals surface area contributed by atoms with Gasteiger partial charge in [0.2, 0.25) is 5.91 Å². The summed E-state index contributed by atoms with van der Waals surface area (Å²) in [6.45, 7) is 3.64. The largest absolute Gasteiger partial charge is 0.480 e. The average Bonchev–Trinajstić information content (AvgIpc) is 2.43. The maximum absolute atomic E-state index is 11.9. The summed E-state index contributed by atoms with van der Waals surface area (Å²) in [6.07, 6.45) is 0. The molecule has 0 saturated carbocycles. The van der Waals surface area contributed by atoms with E-state index in [1.165, 1.54) is 16.7 Å². The minimum absolute atomic E-state index is 0.0557. The molecule has 0 bridgehead atoms. The van der Waals surface area contributed by atoms with Crippen LogP contribution in [0, 0.1) is 0 Å². The topological polar surface area (TPSA) is 95.7 Å². The fraction of sp³-hybridized carbons (Fsp3) is 0.667. The van der Waals surface area contributed by atoms with Crippen molar-refractivity contribution in [2.45, 2.75) is 36.1 Å². The standard InChI is InChI=1S/C9H13N3O3S2/c1-9(2)4(7(14)15)12-5(13)3(6(12)17-9)11-8(10)16/h3-4,6H,1-2H3,(H,14,15)(H3,10,11,16)/t3-,4+,6-/m0/s1. The van der Waals surface area contributed by atoms with Gasteiger partial charge in [0, 0.05) is 4.75 Å². The third-order valence-corrected chi connectivity index (χ3v) is 4.66. The number of nitrogens with zero attached hydrogens (tertiary/aromatic N) is 1. The molecule has 0 radical (unpaired) electrons. The van der Waals surface area contributed by atoms with Crippen molar-refractivity contribution in [1.29, 1.82) is 0 Å². The molecule has 0 unspecified atom stereocenters. The molecule has 0 aromatic heterocycles. The first-order chi connectivity index (χ1) is 7.75. The van der Waals surface area contributed by atoms with E-state index in [0.29, 0.717) is 0 Å². The highest BCUT2D eigenvalue weighted by Crippen LogP contribution is 2.50. The van der Waals surface area contributed by atoms with E-state index >= 15 is 0 Å². The van der Waals surface area contributed by atoms with Crippen LogP contribution in [0.1, 0.15) is 13.8 Å². The number of carbonyl (C=O) groups is 2. The number of thiocarbonyl (C=S) groups is 1. The number of carboxylic acids is 1. The second kappa shape index (κ2) is 3.74. The predicted molar refractivity (Wildman–Crippen MR) is 67.4 cm³/mol. The van der Waals surface area contributed by atoms with Crippen LogP contribution in [0.3, 0.4) is 0 Å². The van der Waals surface area contributed by atoms with Crippen molar-refractivity contribution in [3.8, 4) is 0 Å². The summed E-state index contributed by atoms with van der Waals surface area (Å²) in [5.41, 5.74) is 5.33. The van der Waals surface area contributed by atoms with Gasteiger partial charge in [0.1, 0.15) is 17.5 Å². The highest BCUT2D eigenvalue weighted by molar-refractivity contribution is 8.01. The highest BCUT2D eigenvalue weighted by atomic mass is 32.2. The smallest absolute Gasteiger partial charge is 0.327 e. The van der Waals surface area contributed by atoms with E-state index in [1.807, 2.05) is 13.8 Å². The Morgan fingerprint density at radius 3 is 2.71 bits per heavy atom. The van der Waals surface area contributed by atoms with Crippen molar-refractivity contribution in [2.24, 2.45) is 5.73 Å². The van der Waals surface area contributed by atoms with Crippen LogP contribution in [0.4, 0.5) is 0 Å². The number of thioether (sulfide) groups is 1. The minimum atomic E-state index is -0.980. The van der Waals surface area contributed by atoms with Crippen LogP contribution in [0.5, 0.6) is 0 Å². The first kappa shape index (κ1) is 12.4. The molecule has 0 aliphatic carbocycles. The minimum Gasteiger partial charge on any atom is -0.480 e. The Morgan fingerprint density at radius 1 is 1.65 bits per heavy atom. The third kappa shape index (κ3) is 1.75. The summed E-state index contributed by atoms with van der Waals surface area (Å²) >= 11 is 6.15. The number of hydrogen-bond acceptors (Lipinski definition) is 4. The molecule has 17 heavy (non-hydrogen) atoms. The molecule has 0 aromatic carbocycles. The molecule has 0 aromatic rings. The Balaban J connectivity index is 2.21. The van der Waals surface area contributed by atoms with Gasteiger partial charge in [0.15, 0.2) is 5.11 Å². The molecule has 94 valence electrons. The van der Waals surface area contributed by atoms with Crippen molar-refractivity contribution in [2.75, 3.05) is 0 Å². The fourth-order valence-corrected chi connectivity index (χ4v) is 4.05. The van der Waals surface area contributed by atoms with Crippen molar-refractivity contribution >= 4 is 41.0 Å². The van der Waals surface area contributed by atoms with E-state index in [9.17, 15) is 14.7 Å². The quantitative estimate of drug-likeness (QED) is 0.454. The number of carboxylic acid groups (broad SMARTS) is 1.